The van der Waals surface area contributed by atoms with E-state index in [0.29, 0.717) is 43.1 Å². The minimum Gasteiger partial charge on any atom is -0.490 e. The van der Waals surface area contributed by atoms with Crippen LogP contribution in [0.5, 0.6) is 17.2 Å². The van der Waals surface area contributed by atoms with Crippen molar-refractivity contribution in [3.8, 4) is 17.2 Å². The predicted octanol–water partition coefficient (Wildman–Crippen LogP) is 2.53. The first-order valence-corrected chi connectivity index (χ1v) is 9.70. The van der Waals surface area contributed by atoms with Crippen LogP contribution in [0, 0.1) is 13.8 Å². The normalized spacial score (nSPS) is 23.5. The maximum Gasteiger partial charge on any atom is 0.274 e. The number of piperidine rings is 1. The lowest BCUT2D eigenvalue weighted by atomic mass is 10.1. The Balaban J connectivity index is 1.33. The molecule has 2 aliphatic heterocycles. The standard InChI is InChI=1S/C22H24N4O4/c1-14-15(2)22(24-26-20(27)5-8-23-21(14)26)25-9-6-16(7-10-25)30-17-3-4-18-19(13-17)29-12-11-28-18/h3-5,8,13,16H,6-7,9-12H2,1-2H3/i11D2,12D2,16D. The molecule has 0 unspecified atom stereocenters. The van der Waals surface area contributed by atoms with Crippen molar-refractivity contribution in [3.05, 3.63) is 51.9 Å². The molecule has 5 rings (SSSR count). The molecule has 156 valence electrons. The Bertz CT molecular complexity index is 1370. The minimum atomic E-state index is -2.68. The zero-order valence-electron chi connectivity index (χ0n) is 21.6. The molecule has 0 bridgehead atoms. The zero-order valence-corrected chi connectivity index (χ0v) is 16.6. The minimum absolute atomic E-state index is 0.00850. The van der Waals surface area contributed by atoms with Gasteiger partial charge >= 0.3 is 0 Å². The third-order valence-corrected chi connectivity index (χ3v) is 5.41. The molecular formula is C22H24N4O4. The van der Waals surface area contributed by atoms with Crippen molar-refractivity contribution in [3.63, 3.8) is 0 Å². The molecule has 1 saturated heterocycles. The zero-order chi connectivity index (χ0) is 25.2. The molecular weight excluding hydrogens is 384 g/mol. The number of benzene rings is 1. The molecule has 30 heavy (non-hydrogen) atoms. The maximum atomic E-state index is 12.3. The first-order valence-electron chi connectivity index (χ1n) is 12.2. The number of aryl methyl sites for hydroxylation is 1. The number of aromatic nitrogens is 3. The average Bonchev–Trinajstić information content (AvgIpc) is 2.78. The summed E-state index contributed by atoms with van der Waals surface area (Å²) in [4.78, 5) is 18.6. The van der Waals surface area contributed by atoms with Crippen LogP contribution in [0.1, 0.15) is 30.8 Å². The quantitative estimate of drug-likeness (QED) is 0.653. The van der Waals surface area contributed by atoms with Gasteiger partial charge in [0.15, 0.2) is 23.0 Å². The fourth-order valence-electron chi connectivity index (χ4n) is 3.66. The molecule has 1 aromatic carbocycles. The highest BCUT2D eigenvalue weighted by Gasteiger charge is 2.25. The number of ether oxygens (including phenoxy) is 3. The molecule has 0 radical (unpaired) electrons. The SMILES string of the molecule is [2H]C1(Oc2ccc3c(c2)OC([2H])([2H])C([2H])([2H])O3)CCN(c2nn3c(=O)ccnc3c(C)c2C)CC1. The summed E-state index contributed by atoms with van der Waals surface area (Å²) in [5, 5.41) is 4.53. The van der Waals surface area contributed by atoms with Crippen molar-refractivity contribution in [1.82, 2.24) is 14.6 Å². The molecule has 0 saturated carbocycles. The van der Waals surface area contributed by atoms with E-state index in [-0.39, 0.29) is 17.1 Å². The summed E-state index contributed by atoms with van der Waals surface area (Å²) < 4.78 is 57.2. The Morgan fingerprint density at radius 2 is 1.90 bits per heavy atom. The van der Waals surface area contributed by atoms with Gasteiger partial charge in [0, 0.05) is 55.4 Å². The van der Waals surface area contributed by atoms with Gasteiger partial charge in [0.05, 0.1) is 6.85 Å². The van der Waals surface area contributed by atoms with Gasteiger partial charge in [-0.15, -0.1) is 5.10 Å². The second kappa shape index (κ2) is 7.51. The van der Waals surface area contributed by atoms with Crippen LogP contribution in [0.4, 0.5) is 5.82 Å². The lowest BCUT2D eigenvalue weighted by Crippen LogP contribution is -2.39. The summed E-state index contributed by atoms with van der Waals surface area (Å²) in [7, 11) is 0. The van der Waals surface area contributed by atoms with Crippen LogP contribution in [0.25, 0.3) is 5.65 Å². The number of hydrogen-bond acceptors (Lipinski definition) is 7. The summed E-state index contributed by atoms with van der Waals surface area (Å²) in [6.45, 7) is -0.523. The number of nitrogens with zero attached hydrogens (tertiary/aromatic N) is 4. The van der Waals surface area contributed by atoms with E-state index in [0.717, 1.165) is 11.1 Å². The van der Waals surface area contributed by atoms with Crippen molar-refractivity contribution in [2.75, 3.05) is 31.1 Å². The van der Waals surface area contributed by atoms with E-state index in [9.17, 15) is 4.79 Å². The van der Waals surface area contributed by atoms with E-state index in [1.165, 1.54) is 28.9 Å². The third kappa shape index (κ3) is 3.32. The second-order valence-electron chi connectivity index (χ2n) is 7.24. The van der Waals surface area contributed by atoms with Crippen LogP contribution < -0.4 is 24.7 Å². The van der Waals surface area contributed by atoms with Crippen LogP contribution in [-0.2, 0) is 0 Å². The van der Waals surface area contributed by atoms with Gasteiger partial charge in [-0.05, 0) is 26.0 Å². The highest BCUT2D eigenvalue weighted by atomic mass is 16.6. The van der Waals surface area contributed by atoms with E-state index in [1.807, 2.05) is 18.7 Å². The summed E-state index contributed by atoms with van der Waals surface area (Å²) >= 11 is 0. The van der Waals surface area contributed by atoms with E-state index >= 15 is 0 Å². The average molecular weight is 413 g/mol. The van der Waals surface area contributed by atoms with Gasteiger partial charge in [-0.3, -0.25) is 4.79 Å². The van der Waals surface area contributed by atoms with E-state index in [2.05, 4.69) is 10.1 Å². The van der Waals surface area contributed by atoms with Crippen LogP contribution >= 0.6 is 0 Å². The first-order chi connectivity index (χ1) is 16.4. The molecule has 3 aromatic rings. The van der Waals surface area contributed by atoms with Crippen LogP contribution in [0.15, 0.2) is 35.3 Å². The highest BCUT2D eigenvalue weighted by molar-refractivity contribution is 5.59. The predicted molar refractivity (Wildman–Crippen MR) is 112 cm³/mol. The summed E-state index contributed by atoms with van der Waals surface area (Å²) in [6, 6.07) is 5.75. The Hall–Kier alpha value is -3.29. The fraction of sp³-hybridized carbons (Fsp3) is 0.409. The van der Waals surface area contributed by atoms with Crippen molar-refractivity contribution in [2.45, 2.75) is 32.8 Å². The number of rotatable bonds is 3. The molecule has 0 aliphatic carbocycles. The van der Waals surface area contributed by atoms with E-state index in [1.54, 1.807) is 6.07 Å². The third-order valence-electron chi connectivity index (χ3n) is 5.41. The van der Waals surface area contributed by atoms with Crippen LogP contribution in [0.3, 0.4) is 0 Å². The highest BCUT2D eigenvalue weighted by Crippen LogP contribution is 2.34. The molecule has 0 amide bonds. The van der Waals surface area contributed by atoms with Gasteiger partial charge in [-0.1, -0.05) is 0 Å². The largest absolute Gasteiger partial charge is 0.490 e. The van der Waals surface area contributed by atoms with Crippen molar-refractivity contribution in [2.24, 2.45) is 0 Å². The van der Waals surface area contributed by atoms with Gasteiger partial charge in [0.25, 0.3) is 5.56 Å². The van der Waals surface area contributed by atoms with E-state index < -0.39 is 19.2 Å². The number of anilines is 1. The van der Waals surface area contributed by atoms with Gasteiger partial charge in [-0.2, -0.15) is 4.52 Å². The molecule has 2 aromatic heterocycles. The smallest absolute Gasteiger partial charge is 0.274 e. The Labute approximate surface area is 181 Å². The summed E-state index contributed by atoms with van der Waals surface area (Å²) in [5.41, 5.74) is 2.05. The lowest BCUT2D eigenvalue weighted by Gasteiger charge is -2.34. The molecule has 0 atom stereocenters. The van der Waals surface area contributed by atoms with Crippen molar-refractivity contribution in [1.29, 1.82) is 0 Å². The Morgan fingerprint density at radius 3 is 2.70 bits per heavy atom. The topological polar surface area (TPSA) is 78.2 Å². The number of fused-ring (bicyclic) bond motifs is 2. The molecule has 8 nitrogen and oxygen atoms in total. The van der Waals surface area contributed by atoms with Gasteiger partial charge in [0.1, 0.15) is 24.9 Å². The second-order valence-corrected chi connectivity index (χ2v) is 7.24. The molecule has 2 aliphatic rings. The lowest BCUT2D eigenvalue weighted by molar-refractivity contribution is 0.159. The Morgan fingerprint density at radius 1 is 1.13 bits per heavy atom. The van der Waals surface area contributed by atoms with Gasteiger partial charge in [-0.25, -0.2) is 4.98 Å². The first kappa shape index (κ1) is 13.8. The molecule has 0 spiro atoms. The molecule has 0 N–H and O–H groups in total. The maximum absolute atomic E-state index is 12.3. The molecule has 4 heterocycles. The van der Waals surface area contributed by atoms with Crippen molar-refractivity contribution >= 4 is 11.5 Å². The number of hydrogen-bond donors (Lipinski definition) is 0. The Kier molecular flexibility index (Phi) is 3.47. The van der Waals surface area contributed by atoms with Gasteiger partial charge in [0.2, 0.25) is 0 Å². The summed E-state index contributed by atoms with van der Waals surface area (Å²) in [6.07, 6.45) is 0.933. The van der Waals surface area contributed by atoms with Crippen molar-refractivity contribution < 1.29 is 21.1 Å². The van der Waals surface area contributed by atoms with Crippen LogP contribution in [-0.4, -0.2) is 46.9 Å². The molecule has 8 heteroatoms. The summed E-state index contributed by atoms with van der Waals surface area (Å²) in [5.74, 6) is 1.03. The fourth-order valence-corrected chi connectivity index (χ4v) is 3.66. The monoisotopic (exact) mass is 413 g/mol. The van der Waals surface area contributed by atoms with Crippen LogP contribution in [0.2, 0.25) is 0 Å². The van der Waals surface area contributed by atoms with Gasteiger partial charge < -0.3 is 19.1 Å². The van der Waals surface area contributed by atoms with E-state index in [4.69, 9.17) is 21.1 Å². The molecule has 1 fully saturated rings.